The second-order valence-electron chi connectivity index (χ2n) is 6.76. The van der Waals surface area contributed by atoms with E-state index < -0.39 is 0 Å². The van der Waals surface area contributed by atoms with Gasteiger partial charge in [0, 0.05) is 44.1 Å². The van der Waals surface area contributed by atoms with E-state index in [4.69, 9.17) is 9.72 Å². The molecule has 24 heavy (non-hydrogen) atoms. The molecule has 132 valence electrons. The Kier molecular flexibility index (Phi) is 5.36. The number of anilines is 1. The first kappa shape index (κ1) is 17.2. The maximum absolute atomic E-state index is 5.18. The van der Waals surface area contributed by atoms with Gasteiger partial charge in [-0.2, -0.15) is 9.61 Å². The smallest absolute Gasteiger partial charge is 0.160 e. The van der Waals surface area contributed by atoms with Gasteiger partial charge in [0.2, 0.25) is 0 Å². The molecule has 0 aliphatic carbocycles. The number of nitrogens with zero attached hydrogens (tertiary/aromatic N) is 4. The Labute approximate surface area is 144 Å². The Morgan fingerprint density at radius 1 is 1.38 bits per heavy atom. The molecule has 3 rings (SSSR count). The van der Waals surface area contributed by atoms with Crippen molar-refractivity contribution in [3.63, 3.8) is 0 Å². The summed E-state index contributed by atoms with van der Waals surface area (Å²) in [7, 11) is 1.77. The van der Waals surface area contributed by atoms with Gasteiger partial charge in [-0.1, -0.05) is 6.92 Å². The van der Waals surface area contributed by atoms with Crippen molar-refractivity contribution >= 4 is 11.5 Å². The molecular weight excluding hydrogens is 302 g/mol. The van der Waals surface area contributed by atoms with Crippen LogP contribution in [0.5, 0.6) is 0 Å². The van der Waals surface area contributed by atoms with Gasteiger partial charge in [-0.25, -0.2) is 4.98 Å². The maximum atomic E-state index is 5.18. The van der Waals surface area contributed by atoms with Gasteiger partial charge < -0.3 is 15.0 Å². The standard InChI is InChI=1S/C18H29N5O/c1-5-16-10-17(23-18(20-16)13(2)14(3)21-23)19-11-15-6-7-22(12-15)8-9-24-4/h10,15,19H,5-9,11-12H2,1-4H3/t15-/m0/s1. The van der Waals surface area contributed by atoms with Gasteiger partial charge in [0.05, 0.1) is 12.3 Å². The molecule has 0 aromatic carbocycles. The summed E-state index contributed by atoms with van der Waals surface area (Å²) in [4.78, 5) is 7.22. The summed E-state index contributed by atoms with van der Waals surface area (Å²) in [5, 5.41) is 8.28. The normalized spacial score (nSPS) is 18.6. The molecule has 1 aliphatic rings. The van der Waals surface area contributed by atoms with Crippen LogP contribution in [-0.2, 0) is 11.2 Å². The van der Waals surface area contributed by atoms with Crippen LogP contribution in [0.4, 0.5) is 5.82 Å². The number of rotatable bonds is 7. The molecule has 3 heterocycles. The lowest BCUT2D eigenvalue weighted by atomic mass is 10.1. The molecule has 0 amide bonds. The van der Waals surface area contributed by atoms with Gasteiger partial charge >= 0.3 is 0 Å². The van der Waals surface area contributed by atoms with Crippen LogP contribution in [0.1, 0.15) is 30.3 Å². The number of hydrogen-bond donors (Lipinski definition) is 1. The fourth-order valence-corrected chi connectivity index (χ4v) is 3.34. The number of hydrogen-bond acceptors (Lipinski definition) is 5. The van der Waals surface area contributed by atoms with E-state index in [1.807, 2.05) is 11.4 Å². The first-order valence-corrected chi connectivity index (χ1v) is 8.93. The second kappa shape index (κ2) is 7.49. The van der Waals surface area contributed by atoms with Gasteiger partial charge in [0.1, 0.15) is 5.82 Å². The molecule has 6 heteroatoms. The molecule has 2 aromatic heterocycles. The number of methoxy groups -OCH3 is 1. The van der Waals surface area contributed by atoms with Gasteiger partial charge in [0.15, 0.2) is 5.65 Å². The lowest BCUT2D eigenvalue weighted by molar-refractivity contribution is 0.159. The van der Waals surface area contributed by atoms with E-state index >= 15 is 0 Å². The highest BCUT2D eigenvalue weighted by molar-refractivity contribution is 5.56. The van der Waals surface area contributed by atoms with Crippen LogP contribution in [-0.4, -0.2) is 59.4 Å². The zero-order chi connectivity index (χ0) is 17.1. The molecule has 1 N–H and O–H groups in total. The van der Waals surface area contributed by atoms with Gasteiger partial charge in [-0.05, 0) is 39.2 Å². The van der Waals surface area contributed by atoms with Crippen LogP contribution in [0.15, 0.2) is 6.07 Å². The SMILES string of the molecule is CCc1cc(NC[C@@H]2CCN(CCOC)C2)n2nc(C)c(C)c2n1. The van der Waals surface area contributed by atoms with Crippen molar-refractivity contribution in [1.82, 2.24) is 19.5 Å². The van der Waals surface area contributed by atoms with Crippen molar-refractivity contribution in [2.75, 3.05) is 45.2 Å². The first-order chi connectivity index (χ1) is 11.6. The zero-order valence-corrected chi connectivity index (χ0v) is 15.3. The molecule has 1 atom stereocenters. The van der Waals surface area contributed by atoms with Crippen LogP contribution >= 0.6 is 0 Å². The van der Waals surface area contributed by atoms with Crippen LogP contribution < -0.4 is 5.32 Å². The Morgan fingerprint density at radius 3 is 2.96 bits per heavy atom. The van der Waals surface area contributed by atoms with E-state index in [1.165, 1.54) is 18.5 Å². The molecule has 1 saturated heterocycles. The van der Waals surface area contributed by atoms with Crippen molar-refractivity contribution in [3.8, 4) is 0 Å². The number of fused-ring (bicyclic) bond motifs is 1. The minimum atomic E-state index is 0.674. The van der Waals surface area contributed by atoms with Gasteiger partial charge in [-0.3, -0.25) is 0 Å². The van der Waals surface area contributed by atoms with Crippen LogP contribution in [0.3, 0.4) is 0 Å². The lowest BCUT2D eigenvalue weighted by Crippen LogP contribution is -2.26. The third kappa shape index (κ3) is 3.54. The highest BCUT2D eigenvalue weighted by Gasteiger charge is 2.22. The number of likely N-dealkylation sites (tertiary alicyclic amines) is 1. The highest BCUT2D eigenvalue weighted by Crippen LogP contribution is 2.21. The van der Waals surface area contributed by atoms with Crippen molar-refractivity contribution in [3.05, 3.63) is 23.0 Å². The largest absolute Gasteiger partial charge is 0.383 e. The topological polar surface area (TPSA) is 54.7 Å². The number of aryl methyl sites for hydroxylation is 3. The summed E-state index contributed by atoms with van der Waals surface area (Å²) in [6, 6.07) is 2.14. The van der Waals surface area contributed by atoms with Crippen LogP contribution in [0.25, 0.3) is 5.65 Å². The minimum Gasteiger partial charge on any atom is -0.383 e. The second-order valence-corrected chi connectivity index (χ2v) is 6.76. The van der Waals surface area contributed by atoms with E-state index in [-0.39, 0.29) is 0 Å². The van der Waals surface area contributed by atoms with Crippen molar-refractivity contribution in [2.24, 2.45) is 5.92 Å². The van der Waals surface area contributed by atoms with Crippen molar-refractivity contribution in [1.29, 1.82) is 0 Å². The molecule has 0 spiro atoms. The average Bonchev–Trinajstić information content (AvgIpc) is 3.16. The number of ether oxygens (including phenoxy) is 1. The molecular formula is C18H29N5O. The zero-order valence-electron chi connectivity index (χ0n) is 15.3. The lowest BCUT2D eigenvalue weighted by Gasteiger charge is -2.16. The summed E-state index contributed by atoms with van der Waals surface area (Å²) in [5.41, 5.74) is 4.30. The molecule has 0 radical (unpaired) electrons. The third-order valence-corrected chi connectivity index (χ3v) is 5.03. The maximum Gasteiger partial charge on any atom is 0.160 e. The predicted octanol–water partition coefficient (Wildman–Crippen LogP) is 2.29. The third-order valence-electron chi connectivity index (χ3n) is 5.03. The van der Waals surface area contributed by atoms with Gasteiger partial charge in [-0.15, -0.1) is 0 Å². The molecule has 0 bridgehead atoms. The average molecular weight is 331 g/mol. The Balaban J connectivity index is 1.70. The Hall–Kier alpha value is -1.66. The highest BCUT2D eigenvalue weighted by atomic mass is 16.5. The van der Waals surface area contributed by atoms with Crippen molar-refractivity contribution in [2.45, 2.75) is 33.6 Å². The van der Waals surface area contributed by atoms with Crippen LogP contribution in [0.2, 0.25) is 0 Å². The molecule has 6 nitrogen and oxygen atoms in total. The van der Waals surface area contributed by atoms with E-state index in [1.54, 1.807) is 7.11 Å². The molecule has 1 aliphatic heterocycles. The Bertz CT molecular complexity index is 696. The van der Waals surface area contributed by atoms with E-state index in [9.17, 15) is 0 Å². The molecule has 0 unspecified atom stereocenters. The predicted molar refractivity (Wildman–Crippen MR) is 96.8 cm³/mol. The van der Waals surface area contributed by atoms with Gasteiger partial charge in [0.25, 0.3) is 0 Å². The first-order valence-electron chi connectivity index (χ1n) is 8.93. The quantitative estimate of drug-likeness (QED) is 0.844. The number of aromatic nitrogens is 3. The summed E-state index contributed by atoms with van der Waals surface area (Å²) in [6.07, 6.45) is 2.17. The van der Waals surface area contributed by atoms with E-state index in [0.29, 0.717) is 5.92 Å². The number of nitrogens with one attached hydrogen (secondary N) is 1. The monoisotopic (exact) mass is 331 g/mol. The van der Waals surface area contributed by atoms with E-state index in [2.05, 4.69) is 35.2 Å². The molecule has 2 aromatic rings. The summed E-state index contributed by atoms with van der Waals surface area (Å²) in [6.45, 7) is 11.4. The summed E-state index contributed by atoms with van der Waals surface area (Å²) in [5.74, 6) is 1.73. The fraction of sp³-hybridized carbons (Fsp3) is 0.667. The molecule has 0 saturated carbocycles. The van der Waals surface area contributed by atoms with E-state index in [0.717, 1.165) is 55.5 Å². The van der Waals surface area contributed by atoms with Crippen LogP contribution in [0, 0.1) is 19.8 Å². The summed E-state index contributed by atoms with van der Waals surface area (Å²) >= 11 is 0. The van der Waals surface area contributed by atoms with Crippen molar-refractivity contribution < 1.29 is 4.74 Å². The molecule has 1 fully saturated rings. The fourth-order valence-electron chi connectivity index (χ4n) is 3.34. The summed E-state index contributed by atoms with van der Waals surface area (Å²) < 4.78 is 7.14. The minimum absolute atomic E-state index is 0.674. The Morgan fingerprint density at radius 2 is 2.21 bits per heavy atom.